The molecule has 0 radical (unpaired) electrons. The molecule has 0 saturated carbocycles. The minimum atomic E-state index is -0.751. The van der Waals surface area contributed by atoms with Crippen molar-refractivity contribution in [1.82, 2.24) is 29.8 Å². The largest absolute Gasteiger partial charge is 0.342 e. The SMILES string of the molecule is CCCCN1C(=O)C(CC(C)C)NC(=O)C12CCN(Cc1c(C)nn(-c3ccc(C(=O)N4CCCC4)cc3)c1C)CC2. The molecule has 3 aliphatic heterocycles. The number of hydrogen-bond acceptors (Lipinski definition) is 5. The molecule has 3 aliphatic rings. The van der Waals surface area contributed by atoms with Crippen molar-refractivity contribution >= 4 is 17.7 Å². The van der Waals surface area contributed by atoms with Gasteiger partial charge in [0.2, 0.25) is 11.8 Å². The Kier molecular flexibility index (Phi) is 9.06. The second-order valence-corrected chi connectivity index (χ2v) is 12.9. The number of benzene rings is 1. The Balaban J connectivity index is 1.27. The minimum absolute atomic E-state index is 0.0235. The van der Waals surface area contributed by atoms with E-state index >= 15 is 0 Å². The maximum atomic E-state index is 13.6. The van der Waals surface area contributed by atoms with E-state index in [0.717, 1.165) is 81.0 Å². The predicted octanol–water partition coefficient (Wildman–Crippen LogP) is 4.23. The Morgan fingerprint density at radius 1 is 1.05 bits per heavy atom. The summed E-state index contributed by atoms with van der Waals surface area (Å²) in [5, 5.41) is 7.97. The number of likely N-dealkylation sites (tertiary alicyclic amines) is 2. The molecule has 1 atom stereocenters. The van der Waals surface area contributed by atoms with Crippen molar-refractivity contribution in [2.75, 3.05) is 32.7 Å². The summed E-state index contributed by atoms with van der Waals surface area (Å²) < 4.78 is 1.97. The molecule has 9 heteroatoms. The summed E-state index contributed by atoms with van der Waals surface area (Å²) in [4.78, 5) is 46.2. The van der Waals surface area contributed by atoms with Crippen LogP contribution in [0.25, 0.3) is 5.69 Å². The fraction of sp³-hybridized carbons (Fsp3) is 0.636. The van der Waals surface area contributed by atoms with Crippen molar-refractivity contribution in [3.05, 3.63) is 46.8 Å². The molecule has 2 aromatic rings. The number of aromatic nitrogens is 2. The number of aryl methyl sites for hydroxylation is 1. The van der Waals surface area contributed by atoms with E-state index in [1.165, 1.54) is 5.56 Å². The molecule has 1 aromatic carbocycles. The van der Waals surface area contributed by atoms with Gasteiger partial charge in [-0.05, 0) is 82.6 Å². The number of piperidine rings is 1. The van der Waals surface area contributed by atoms with Crippen molar-refractivity contribution in [2.24, 2.45) is 5.92 Å². The predicted molar refractivity (Wildman–Crippen MR) is 163 cm³/mol. The summed E-state index contributed by atoms with van der Waals surface area (Å²) >= 11 is 0. The van der Waals surface area contributed by atoms with E-state index < -0.39 is 11.6 Å². The van der Waals surface area contributed by atoms with Gasteiger partial charge in [0.25, 0.3) is 5.91 Å². The van der Waals surface area contributed by atoms with E-state index in [1.54, 1.807) is 0 Å². The number of nitrogens with one attached hydrogen (secondary N) is 1. The second-order valence-electron chi connectivity index (χ2n) is 12.9. The van der Waals surface area contributed by atoms with Crippen molar-refractivity contribution in [1.29, 1.82) is 0 Å². The molecule has 1 aromatic heterocycles. The number of unbranched alkanes of at least 4 members (excludes halogenated alkanes) is 1. The van der Waals surface area contributed by atoms with Crippen LogP contribution in [0.1, 0.15) is 93.0 Å². The van der Waals surface area contributed by atoms with Gasteiger partial charge in [0.15, 0.2) is 0 Å². The number of rotatable bonds is 9. The van der Waals surface area contributed by atoms with Crippen molar-refractivity contribution in [2.45, 2.75) is 97.7 Å². The summed E-state index contributed by atoms with van der Waals surface area (Å²) in [5.74, 6) is 0.556. The third-order valence-corrected chi connectivity index (χ3v) is 9.51. The summed E-state index contributed by atoms with van der Waals surface area (Å²) in [6.45, 7) is 15.0. The molecule has 1 unspecified atom stereocenters. The van der Waals surface area contributed by atoms with Crippen LogP contribution < -0.4 is 5.32 Å². The highest BCUT2D eigenvalue weighted by molar-refractivity contribution is 6.00. The van der Waals surface area contributed by atoms with Gasteiger partial charge in [0, 0.05) is 56.1 Å². The van der Waals surface area contributed by atoms with Crippen LogP contribution in [-0.4, -0.2) is 86.5 Å². The van der Waals surface area contributed by atoms with Gasteiger partial charge >= 0.3 is 0 Å². The first-order valence-electron chi connectivity index (χ1n) is 15.9. The van der Waals surface area contributed by atoms with Crippen LogP contribution in [0.5, 0.6) is 0 Å². The molecule has 9 nitrogen and oxygen atoms in total. The highest BCUT2D eigenvalue weighted by Crippen LogP contribution is 2.35. The quantitative estimate of drug-likeness (QED) is 0.483. The van der Waals surface area contributed by atoms with E-state index in [0.29, 0.717) is 31.7 Å². The lowest BCUT2D eigenvalue weighted by Gasteiger charge is -2.52. The van der Waals surface area contributed by atoms with E-state index in [4.69, 9.17) is 5.10 Å². The number of piperazine rings is 1. The molecule has 0 aliphatic carbocycles. The Morgan fingerprint density at radius 2 is 1.71 bits per heavy atom. The Morgan fingerprint density at radius 3 is 2.33 bits per heavy atom. The summed E-state index contributed by atoms with van der Waals surface area (Å²) in [5.41, 5.74) is 4.16. The Labute approximate surface area is 250 Å². The highest BCUT2D eigenvalue weighted by atomic mass is 16.2. The van der Waals surface area contributed by atoms with Crippen LogP contribution in [0.3, 0.4) is 0 Å². The average molecular weight is 577 g/mol. The third kappa shape index (κ3) is 5.85. The number of nitrogens with zero attached hydrogens (tertiary/aromatic N) is 5. The molecule has 0 bridgehead atoms. The zero-order valence-corrected chi connectivity index (χ0v) is 26.1. The second kappa shape index (κ2) is 12.6. The molecule has 4 heterocycles. The van der Waals surface area contributed by atoms with E-state index in [-0.39, 0.29) is 17.7 Å². The van der Waals surface area contributed by atoms with Gasteiger partial charge in [-0.25, -0.2) is 4.68 Å². The lowest BCUT2D eigenvalue weighted by Crippen LogP contribution is -2.73. The molecule has 1 N–H and O–H groups in total. The normalized spacial score (nSPS) is 21.0. The number of carbonyl (C=O) groups is 3. The Hall–Kier alpha value is -3.20. The van der Waals surface area contributed by atoms with E-state index in [9.17, 15) is 14.4 Å². The number of hydrogen-bond donors (Lipinski definition) is 1. The van der Waals surface area contributed by atoms with Crippen LogP contribution in [0.4, 0.5) is 0 Å². The third-order valence-electron chi connectivity index (χ3n) is 9.51. The molecule has 5 rings (SSSR count). The number of carbonyl (C=O) groups excluding carboxylic acids is 3. The number of amides is 3. The molecule has 3 saturated heterocycles. The molecule has 42 heavy (non-hydrogen) atoms. The zero-order chi connectivity index (χ0) is 30.0. The fourth-order valence-corrected chi connectivity index (χ4v) is 6.95. The topological polar surface area (TPSA) is 90.8 Å². The first-order chi connectivity index (χ1) is 20.1. The molecular weight excluding hydrogens is 528 g/mol. The van der Waals surface area contributed by atoms with Crippen molar-refractivity contribution in [3.63, 3.8) is 0 Å². The van der Waals surface area contributed by atoms with Gasteiger partial charge in [0.1, 0.15) is 11.6 Å². The summed E-state index contributed by atoms with van der Waals surface area (Å²) in [7, 11) is 0. The van der Waals surface area contributed by atoms with Gasteiger partial charge in [0.05, 0.1) is 11.4 Å². The summed E-state index contributed by atoms with van der Waals surface area (Å²) in [6.07, 6.45) is 6.01. The average Bonchev–Trinajstić information content (AvgIpc) is 3.61. The lowest BCUT2D eigenvalue weighted by atomic mass is 9.80. The van der Waals surface area contributed by atoms with Crippen LogP contribution in [0.2, 0.25) is 0 Å². The molecule has 1 spiro atoms. The van der Waals surface area contributed by atoms with E-state index in [2.05, 4.69) is 37.9 Å². The molecule has 228 valence electrons. The summed E-state index contributed by atoms with van der Waals surface area (Å²) in [6, 6.07) is 7.35. The molecular formula is C33H48N6O3. The molecule has 3 fully saturated rings. The highest BCUT2D eigenvalue weighted by Gasteiger charge is 2.53. The lowest BCUT2D eigenvalue weighted by molar-refractivity contribution is -0.161. The zero-order valence-electron chi connectivity index (χ0n) is 26.1. The Bertz CT molecular complexity index is 1290. The van der Waals surface area contributed by atoms with Crippen LogP contribution in [0, 0.1) is 19.8 Å². The maximum Gasteiger partial charge on any atom is 0.253 e. The van der Waals surface area contributed by atoms with E-state index in [1.807, 2.05) is 45.7 Å². The standard InChI is InChI=1S/C33H48N6O3/c1-6-7-18-38-31(41)29(21-23(2)3)34-32(42)33(38)14-19-36(20-15-33)22-28-24(4)35-39(25(28)5)27-12-10-26(11-13-27)30(40)37-16-8-9-17-37/h10-13,23,29H,6-9,14-22H2,1-5H3,(H,34,42). The van der Waals surface area contributed by atoms with Crippen LogP contribution >= 0.6 is 0 Å². The first kappa shape index (κ1) is 30.3. The minimum Gasteiger partial charge on any atom is -0.342 e. The van der Waals surface area contributed by atoms with Gasteiger partial charge in [-0.1, -0.05) is 27.2 Å². The molecule has 3 amide bonds. The first-order valence-corrected chi connectivity index (χ1v) is 15.9. The smallest absolute Gasteiger partial charge is 0.253 e. The van der Waals surface area contributed by atoms with Gasteiger partial charge in [-0.2, -0.15) is 5.10 Å². The fourth-order valence-electron chi connectivity index (χ4n) is 6.95. The van der Waals surface area contributed by atoms with Crippen LogP contribution in [-0.2, 0) is 16.1 Å². The van der Waals surface area contributed by atoms with Crippen LogP contribution in [0.15, 0.2) is 24.3 Å². The van der Waals surface area contributed by atoms with Crippen molar-refractivity contribution in [3.8, 4) is 5.69 Å². The maximum absolute atomic E-state index is 13.6. The van der Waals surface area contributed by atoms with Crippen molar-refractivity contribution < 1.29 is 14.4 Å². The van der Waals surface area contributed by atoms with Gasteiger partial charge < -0.3 is 15.1 Å². The monoisotopic (exact) mass is 576 g/mol. The van der Waals surface area contributed by atoms with Gasteiger partial charge in [-0.15, -0.1) is 0 Å². The van der Waals surface area contributed by atoms with Gasteiger partial charge in [-0.3, -0.25) is 19.3 Å².